The molecular weight excluding hydrogens is 348 g/mol. The molecule has 0 aromatic rings. The van der Waals surface area contributed by atoms with Crippen LogP contribution in [0, 0.1) is 28.6 Å². The van der Waals surface area contributed by atoms with Crippen LogP contribution >= 0.6 is 0 Å². The maximum atomic E-state index is 12.7. The number of carbonyl (C=O) groups is 3. The van der Waals surface area contributed by atoms with Gasteiger partial charge in [0.15, 0.2) is 0 Å². The molecule has 0 aromatic heterocycles. The summed E-state index contributed by atoms with van der Waals surface area (Å²) in [5, 5.41) is 0. The fraction of sp³-hybridized carbons (Fsp3) is 0.857. The third-order valence-corrected chi connectivity index (χ3v) is 6.83. The van der Waals surface area contributed by atoms with Crippen LogP contribution in [0.2, 0.25) is 0 Å². The van der Waals surface area contributed by atoms with Crippen LogP contribution in [-0.2, 0) is 28.6 Å². The minimum absolute atomic E-state index is 0.0185. The summed E-state index contributed by atoms with van der Waals surface area (Å²) in [6, 6.07) is 0. The highest BCUT2D eigenvalue weighted by Gasteiger charge is 2.63. The molecule has 1 heterocycles. The maximum Gasteiger partial charge on any atom is 0.311 e. The summed E-state index contributed by atoms with van der Waals surface area (Å²) >= 11 is 0. The molecule has 2 aliphatic carbocycles. The first-order chi connectivity index (χ1) is 12.6. The van der Waals surface area contributed by atoms with Crippen molar-refractivity contribution < 1.29 is 28.6 Å². The molecule has 3 rings (SSSR count). The van der Waals surface area contributed by atoms with Crippen LogP contribution < -0.4 is 0 Å². The minimum Gasteiger partial charge on any atom is -0.465 e. The Balaban J connectivity index is 1.46. The van der Waals surface area contributed by atoms with Crippen LogP contribution in [0.3, 0.4) is 0 Å². The van der Waals surface area contributed by atoms with Gasteiger partial charge in [0, 0.05) is 11.8 Å². The van der Waals surface area contributed by atoms with E-state index in [1.165, 1.54) is 0 Å². The molecule has 5 atom stereocenters. The third kappa shape index (κ3) is 3.72. The molecular formula is C21H32O6. The third-order valence-electron chi connectivity index (χ3n) is 6.83. The predicted octanol–water partition coefficient (Wildman–Crippen LogP) is 3.27. The monoisotopic (exact) mass is 380 g/mol. The SMILES string of the molecule is CCC(C)(C)C(=O)OCCCC(C)(C)C(=O)OC1C2CC3C(=O)OC1C3C2. The number of esters is 3. The molecule has 0 N–H and O–H groups in total. The number of hydrogen-bond acceptors (Lipinski definition) is 6. The molecule has 2 bridgehead atoms. The molecule has 0 amide bonds. The van der Waals surface area contributed by atoms with Crippen molar-refractivity contribution in [3.8, 4) is 0 Å². The van der Waals surface area contributed by atoms with Crippen molar-refractivity contribution in [2.24, 2.45) is 28.6 Å². The van der Waals surface area contributed by atoms with E-state index in [9.17, 15) is 14.4 Å². The second kappa shape index (κ2) is 7.10. The lowest BCUT2D eigenvalue weighted by atomic mass is 9.86. The predicted molar refractivity (Wildman–Crippen MR) is 97.5 cm³/mol. The van der Waals surface area contributed by atoms with Crippen molar-refractivity contribution >= 4 is 17.9 Å². The van der Waals surface area contributed by atoms with Gasteiger partial charge < -0.3 is 14.2 Å². The Morgan fingerprint density at radius 3 is 2.48 bits per heavy atom. The van der Waals surface area contributed by atoms with E-state index in [1.807, 2.05) is 34.6 Å². The topological polar surface area (TPSA) is 78.9 Å². The number of fused-ring (bicyclic) bond motifs is 1. The average Bonchev–Trinajstić information content (AvgIpc) is 3.23. The van der Waals surface area contributed by atoms with E-state index in [1.54, 1.807) is 0 Å². The van der Waals surface area contributed by atoms with Crippen LogP contribution in [0.25, 0.3) is 0 Å². The lowest BCUT2D eigenvalue weighted by Gasteiger charge is -2.30. The number of carbonyl (C=O) groups excluding carboxylic acids is 3. The summed E-state index contributed by atoms with van der Waals surface area (Å²) < 4.78 is 16.6. The van der Waals surface area contributed by atoms with Gasteiger partial charge in [-0.3, -0.25) is 14.4 Å². The molecule has 152 valence electrons. The quantitative estimate of drug-likeness (QED) is 0.365. The van der Waals surface area contributed by atoms with Gasteiger partial charge in [0.05, 0.1) is 23.4 Å². The van der Waals surface area contributed by atoms with Crippen LogP contribution in [0.1, 0.15) is 66.7 Å². The average molecular weight is 380 g/mol. The van der Waals surface area contributed by atoms with E-state index in [-0.39, 0.29) is 47.9 Å². The molecule has 27 heavy (non-hydrogen) atoms. The summed E-state index contributed by atoms with van der Waals surface area (Å²) in [5.41, 5.74) is -1.15. The molecule has 5 unspecified atom stereocenters. The first-order valence-electron chi connectivity index (χ1n) is 10.2. The summed E-state index contributed by atoms with van der Waals surface area (Å²) in [7, 11) is 0. The zero-order chi connectivity index (χ0) is 20.0. The van der Waals surface area contributed by atoms with E-state index >= 15 is 0 Å². The van der Waals surface area contributed by atoms with Crippen LogP contribution in [0.4, 0.5) is 0 Å². The van der Waals surface area contributed by atoms with Crippen LogP contribution in [0.15, 0.2) is 0 Å². The van der Waals surface area contributed by atoms with Crippen LogP contribution in [0.5, 0.6) is 0 Å². The van der Waals surface area contributed by atoms with Gasteiger partial charge in [-0.2, -0.15) is 0 Å². The minimum atomic E-state index is -0.670. The second-order valence-corrected chi connectivity index (χ2v) is 9.63. The summed E-state index contributed by atoms with van der Waals surface area (Å²) in [6.07, 6.45) is 3.04. The Morgan fingerprint density at radius 2 is 1.81 bits per heavy atom. The number of ether oxygens (including phenoxy) is 3. The molecule has 3 fully saturated rings. The highest BCUT2D eigenvalue weighted by molar-refractivity contribution is 5.78. The van der Waals surface area contributed by atoms with Crippen molar-refractivity contribution in [2.75, 3.05) is 6.61 Å². The van der Waals surface area contributed by atoms with Gasteiger partial charge in [-0.1, -0.05) is 6.92 Å². The van der Waals surface area contributed by atoms with Crippen LogP contribution in [-0.4, -0.2) is 36.7 Å². The molecule has 1 aliphatic heterocycles. The first-order valence-corrected chi connectivity index (χ1v) is 10.2. The van der Waals surface area contributed by atoms with E-state index in [2.05, 4.69) is 0 Å². The maximum absolute atomic E-state index is 12.7. The highest BCUT2D eigenvalue weighted by Crippen LogP contribution is 2.55. The smallest absolute Gasteiger partial charge is 0.311 e. The van der Waals surface area contributed by atoms with Gasteiger partial charge in [0.25, 0.3) is 0 Å². The van der Waals surface area contributed by atoms with Crippen molar-refractivity contribution in [2.45, 2.75) is 78.9 Å². The zero-order valence-electron chi connectivity index (χ0n) is 17.1. The lowest BCUT2D eigenvalue weighted by molar-refractivity contribution is -0.171. The summed E-state index contributed by atoms with van der Waals surface area (Å²) in [5.74, 6) is -0.102. The lowest BCUT2D eigenvalue weighted by Crippen LogP contribution is -2.39. The first kappa shape index (κ1) is 20.2. The highest BCUT2D eigenvalue weighted by atomic mass is 16.6. The normalized spacial score (nSPS) is 31.7. The number of hydrogen-bond donors (Lipinski definition) is 0. The van der Waals surface area contributed by atoms with E-state index in [0.29, 0.717) is 19.4 Å². The molecule has 1 saturated heterocycles. The van der Waals surface area contributed by atoms with Gasteiger partial charge in [-0.25, -0.2) is 0 Å². The zero-order valence-corrected chi connectivity index (χ0v) is 17.1. The largest absolute Gasteiger partial charge is 0.465 e. The van der Waals surface area contributed by atoms with Gasteiger partial charge in [0.2, 0.25) is 0 Å². The molecule has 0 aromatic carbocycles. The fourth-order valence-corrected chi connectivity index (χ4v) is 4.47. The van der Waals surface area contributed by atoms with Crippen molar-refractivity contribution in [3.05, 3.63) is 0 Å². The fourth-order valence-electron chi connectivity index (χ4n) is 4.47. The standard InChI is InChI=1S/C21H32O6/c1-6-20(2,3)18(23)25-9-7-8-21(4,5)19(24)27-15-12-10-13-14(11-12)17(22)26-16(13)15/h12-16H,6-11H2,1-5H3. The molecule has 0 spiro atoms. The van der Waals surface area contributed by atoms with E-state index in [0.717, 1.165) is 19.3 Å². The van der Waals surface area contributed by atoms with Gasteiger partial charge in [-0.15, -0.1) is 0 Å². The van der Waals surface area contributed by atoms with E-state index in [4.69, 9.17) is 14.2 Å². The molecule has 6 nitrogen and oxygen atoms in total. The van der Waals surface area contributed by atoms with Gasteiger partial charge in [0.1, 0.15) is 12.2 Å². The Labute approximate surface area is 161 Å². The molecule has 6 heteroatoms. The van der Waals surface area contributed by atoms with E-state index < -0.39 is 10.8 Å². The van der Waals surface area contributed by atoms with Crippen molar-refractivity contribution in [1.29, 1.82) is 0 Å². The molecule has 2 saturated carbocycles. The molecule has 0 radical (unpaired) electrons. The Kier molecular flexibility index (Phi) is 5.30. The van der Waals surface area contributed by atoms with Gasteiger partial charge >= 0.3 is 17.9 Å². The van der Waals surface area contributed by atoms with Crippen molar-refractivity contribution in [3.63, 3.8) is 0 Å². The second-order valence-electron chi connectivity index (χ2n) is 9.63. The Bertz CT molecular complexity index is 622. The van der Waals surface area contributed by atoms with Crippen molar-refractivity contribution in [1.82, 2.24) is 0 Å². The number of rotatable bonds is 8. The van der Waals surface area contributed by atoms with Gasteiger partial charge in [-0.05, 0) is 59.8 Å². The summed E-state index contributed by atoms with van der Waals surface area (Å²) in [4.78, 5) is 36.6. The summed E-state index contributed by atoms with van der Waals surface area (Å²) in [6.45, 7) is 9.70. The Morgan fingerprint density at radius 1 is 1.11 bits per heavy atom. The Hall–Kier alpha value is -1.59. The molecule has 3 aliphatic rings.